The zero-order chi connectivity index (χ0) is 11.5. The Kier molecular flexibility index (Phi) is 10.2. The van der Waals surface area contributed by atoms with Crippen molar-refractivity contribution in [1.82, 2.24) is 0 Å². The molecule has 0 spiro atoms. The van der Waals surface area contributed by atoms with E-state index in [0.29, 0.717) is 6.42 Å². The zero-order valence-electron chi connectivity index (χ0n) is 9.01. The molecule has 0 heterocycles. The fraction of sp³-hybridized carbons (Fsp3) is 1.00. The minimum atomic E-state index is -0.898. The first-order valence-electron chi connectivity index (χ1n) is 5.38. The van der Waals surface area contributed by atoms with Crippen molar-refractivity contribution in [2.24, 2.45) is 0 Å². The van der Waals surface area contributed by atoms with E-state index in [2.05, 4.69) is 0 Å². The maximum Gasteiger partial charge on any atom is 0.103 e. The Labute approximate surface area is 90.3 Å². The van der Waals surface area contributed by atoms with Crippen molar-refractivity contribution in [3.63, 3.8) is 0 Å². The molecule has 0 fully saturated rings. The number of hydrogen-bond acceptors (Lipinski definition) is 5. The van der Waals surface area contributed by atoms with E-state index in [-0.39, 0.29) is 26.4 Å². The summed E-state index contributed by atoms with van der Waals surface area (Å²) in [5.74, 6) is 0. The zero-order valence-corrected chi connectivity index (χ0v) is 9.01. The third-order valence-electron chi connectivity index (χ3n) is 2.13. The Morgan fingerprint density at radius 1 is 0.867 bits per heavy atom. The molecule has 0 radical (unpaired) electrons. The van der Waals surface area contributed by atoms with Crippen molar-refractivity contribution in [2.45, 2.75) is 37.9 Å². The average Bonchev–Trinajstić information content (AvgIpc) is 2.24. The Morgan fingerprint density at radius 2 is 1.60 bits per heavy atom. The van der Waals surface area contributed by atoms with Gasteiger partial charge in [-0.3, -0.25) is 0 Å². The molecule has 0 aliphatic heterocycles. The predicted molar refractivity (Wildman–Crippen MR) is 55.5 cm³/mol. The molecule has 5 heteroatoms. The van der Waals surface area contributed by atoms with Crippen molar-refractivity contribution in [3.05, 3.63) is 0 Å². The van der Waals surface area contributed by atoms with Crippen LogP contribution in [-0.4, -0.2) is 59.1 Å². The van der Waals surface area contributed by atoms with E-state index in [1.165, 1.54) is 0 Å². The smallest absolute Gasteiger partial charge is 0.103 e. The summed E-state index contributed by atoms with van der Waals surface area (Å²) < 4.78 is 4.89. The molecular weight excluding hydrogens is 200 g/mol. The summed E-state index contributed by atoms with van der Waals surface area (Å²) in [7, 11) is 0. The topological polar surface area (TPSA) is 90.2 Å². The lowest BCUT2D eigenvalue weighted by Crippen LogP contribution is -2.30. The highest BCUT2D eigenvalue weighted by Gasteiger charge is 2.15. The molecule has 0 aromatic rings. The number of rotatable bonds is 10. The van der Waals surface area contributed by atoms with Crippen molar-refractivity contribution in [2.75, 3.05) is 26.4 Å². The van der Waals surface area contributed by atoms with Gasteiger partial charge in [0.15, 0.2) is 0 Å². The van der Waals surface area contributed by atoms with E-state index in [1.54, 1.807) is 0 Å². The van der Waals surface area contributed by atoms with Crippen LogP contribution in [0.3, 0.4) is 0 Å². The molecule has 4 N–H and O–H groups in total. The second-order valence-electron chi connectivity index (χ2n) is 3.51. The number of ether oxygens (including phenoxy) is 1. The highest BCUT2D eigenvalue weighted by atomic mass is 16.5. The van der Waals surface area contributed by atoms with Crippen LogP contribution in [0.4, 0.5) is 0 Å². The molecule has 0 aromatic heterocycles. The van der Waals surface area contributed by atoms with Crippen LogP contribution < -0.4 is 0 Å². The third kappa shape index (κ3) is 8.77. The SMILES string of the molecule is OCCCCCC(O)C(O)COCCO. The van der Waals surface area contributed by atoms with E-state index in [9.17, 15) is 10.2 Å². The van der Waals surface area contributed by atoms with E-state index in [4.69, 9.17) is 14.9 Å². The summed E-state index contributed by atoms with van der Waals surface area (Å²) in [4.78, 5) is 0. The molecular formula is C10H22O5. The van der Waals surface area contributed by atoms with Gasteiger partial charge in [-0.2, -0.15) is 0 Å². The average molecular weight is 222 g/mol. The second-order valence-corrected chi connectivity index (χ2v) is 3.51. The lowest BCUT2D eigenvalue weighted by molar-refractivity contribution is -0.0463. The Bertz CT molecular complexity index is 131. The van der Waals surface area contributed by atoms with Gasteiger partial charge in [-0.15, -0.1) is 0 Å². The summed E-state index contributed by atoms with van der Waals surface area (Å²) in [6.45, 7) is 0.299. The maximum absolute atomic E-state index is 9.46. The molecule has 92 valence electrons. The van der Waals surface area contributed by atoms with Gasteiger partial charge >= 0.3 is 0 Å². The van der Waals surface area contributed by atoms with E-state index in [0.717, 1.165) is 19.3 Å². The molecule has 0 saturated heterocycles. The quantitative estimate of drug-likeness (QED) is 0.366. The van der Waals surface area contributed by atoms with Gasteiger partial charge in [-0.25, -0.2) is 0 Å². The van der Waals surface area contributed by atoms with Crippen LogP contribution in [0.1, 0.15) is 25.7 Å². The third-order valence-corrected chi connectivity index (χ3v) is 2.13. The summed E-state index contributed by atoms with van der Waals surface area (Å²) in [5, 5.41) is 35.8. The molecule has 15 heavy (non-hydrogen) atoms. The number of unbranched alkanes of at least 4 members (excludes halogenated alkanes) is 2. The van der Waals surface area contributed by atoms with Crippen LogP contribution in [-0.2, 0) is 4.74 Å². The van der Waals surface area contributed by atoms with Gasteiger partial charge in [0.1, 0.15) is 6.10 Å². The molecule has 0 bridgehead atoms. The maximum atomic E-state index is 9.46. The summed E-state index contributed by atoms with van der Waals surface area (Å²) in [6, 6.07) is 0. The monoisotopic (exact) mass is 222 g/mol. The van der Waals surface area contributed by atoms with Crippen LogP contribution in [0.15, 0.2) is 0 Å². The second kappa shape index (κ2) is 10.3. The molecule has 0 aromatic carbocycles. The van der Waals surface area contributed by atoms with Gasteiger partial charge in [0.2, 0.25) is 0 Å². The number of hydrogen-bond donors (Lipinski definition) is 4. The van der Waals surface area contributed by atoms with Crippen molar-refractivity contribution in [1.29, 1.82) is 0 Å². The number of aliphatic hydroxyl groups excluding tert-OH is 4. The minimum Gasteiger partial charge on any atom is -0.396 e. The largest absolute Gasteiger partial charge is 0.396 e. The molecule has 0 aliphatic rings. The van der Waals surface area contributed by atoms with Crippen molar-refractivity contribution >= 4 is 0 Å². The van der Waals surface area contributed by atoms with Gasteiger partial charge in [0.05, 0.1) is 25.9 Å². The Morgan fingerprint density at radius 3 is 2.20 bits per heavy atom. The summed E-state index contributed by atoms with van der Waals surface area (Å²) >= 11 is 0. The number of aliphatic hydroxyl groups is 4. The van der Waals surface area contributed by atoms with Crippen LogP contribution >= 0.6 is 0 Å². The first-order chi connectivity index (χ1) is 7.22. The first-order valence-corrected chi connectivity index (χ1v) is 5.38. The molecule has 0 saturated carbocycles. The van der Waals surface area contributed by atoms with Crippen LogP contribution in [0.2, 0.25) is 0 Å². The fourth-order valence-corrected chi connectivity index (χ4v) is 1.21. The molecule has 0 amide bonds. The molecule has 0 aliphatic carbocycles. The van der Waals surface area contributed by atoms with Crippen molar-refractivity contribution in [3.8, 4) is 0 Å². The van der Waals surface area contributed by atoms with Gasteiger partial charge in [0, 0.05) is 6.61 Å². The standard InChI is InChI=1S/C10H22O5/c11-5-3-1-2-4-9(13)10(14)8-15-7-6-12/h9-14H,1-8H2. The highest BCUT2D eigenvalue weighted by molar-refractivity contribution is 4.66. The van der Waals surface area contributed by atoms with E-state index in [1.807, 2.05) is 0 Å². The normalized spacial score (nSPS) is 15.2. The van der Waals surface area contributed by atoms with Crippen LogP contribution in [0, 0.1) is 0 Å². The Balaban J connectivity index is 3.38. The lowest BCUT2D eigenvalue weighted by atomic mass is 10.1. The summed E-state index contributed by atoms with van der Waals surface area (Å²) in [6.07, 6.45) is 1.16. The van der Waals surface area contributed by atoms with Crippen molar-refractivity contribution < 1.29 is 25.2 Å². The molecule has 2 atom stereocenters. The van der Waals surface area contributed by atoms with Gasteiger partial charge in [-0.05, 0) is 12.8 Å². The lowest BCUT2D eigenvalue weighted by Gasteiger charge is -2.17. The summed E-state index contributed by atoms with van der Waals surface area (Å²) in [5.41, 5.74) is 0. The molecule has 2 unspecified atom stereocenters. The predicted octanol–water partition coefficient (Wildman–Crippen LogP) is -0.730. The Hall–Kier alpha value is -0.200. The van der Waals surface area contributed by atoms with E-state index >= 15 is 0 Å². The van der Waals surface area contributed by atoms with Crippen LogP contribution in [0.25, 0.3) is 0 Å². The molecule has 5 nitrogen and oxygen atoms in total. The fourth-order valence-electron chi connectivity index (χ4n) is 1.21. The van der Waals surface area contributed by atoms with Gasteiger partial charge in [0.25, 0.3) is 0 Å². The first kappa shape index (κ1) is 14.8. The van der Waals surface area contributed by atoms with E-state index < -0.39 is 12.2 Å². The van der Waals surface area contributed by atoms with Gasteiger partial charge < -0.3 is 25.2 Å². The minimum absolute atomic E-state index is 0.0434. The van der Waals surface area contributed by atoms with Crippen LogP contribution in [0.5, 0.6) is 0 Å². The van der Waals surface area contributed by atoms with Gasteiger partial charge in [-0.1, -0.05) is 12.8 Å². The highest BCUT2D eigenvalue weighted by Crippen LogP contribution is 2.07. The molecule has 0 rings (SSSR count).